The summed E-state index contributed by atoms with van der Waals surface area (Å²) in [5.74, 6) is -0.726. The third kappa shape index (κ3) is 4.54. The van der Waals surface area contributed by atoms with Gasteiger partial charge in [0.05, 0.1) is 16.4 Å². The first-order valence-electron chi connectivity index (χ1n) is 7.15. The topological polar surface area (TPSA) is 125 Å². The van der Waals surface area contributed by atoms with Crippen LogP contribution in [0.4, 0.5) is 5.69 Å². The summed E-state index contributed by atoms with van der Waals surface area (Å²) in [6.07, 6.45) is -0.378. The molecule has 2 unspecified atom stereocenters. The zero-order valence-electron chi connectivity index (χ0n) is 13.4. The fourth-order valence-electron chi connectivity index (χ4n) is 1.93. The molecule has 11 heteroatoms. The van der Waals surface area contributed by atoms with Gasteiger partial charge >= 0.3 is 5.69 Å². The van der Waals surface area contributed by atoms with Crippen LogP contribution in [0.3, 0.4) is 0 Å². The largest absolute Gasteiger partial charge is 0.371 e. The van der Waals surface area contributed by atoms with Crippen LogP contribution in [0.2, 0.25) is 5.15 Å². The minimum absolute atomic E-state index is 0.00226. The van der Waals surface area contributed by atoms with Crippen LogP contribution in [0.15, 0.2) is 35.4 Å². The molecule has 1 aromatic carbocycles. The van der Waals surface area contributed by atoms with E-state index in [-0.39, 0.29) is 16.7 Å². The van der Waals surface area contributed by atoms with E-state index < -0.39 is 32.9 Å². The number of aliphatic hydroxyl groups is 1. The quantitative estimate of drug-likeness (QED) is 0.437. The highest BCUT2D eigenvalue weighted by atomic mass is 35.5. The van der Waals surface area contributed by atoms with Crippen molar-refractivity contribution in [2.45, 2.75) is 25.0 Å². The lowest BCUT2D eigenvalue weighted by atomic mass is 10.2. The second kappa shape index (κ2) is 7.48. The minimum Gasteiger partial charge on any atom is -0.371 e. The predicted molar refractivity (Wildman–Crippen MR) is 88.6 cm³/mol. The molecule has 0 aliphatic rings. The van der Waals surface area contributed by atoms with Crippen LogP contribution < -0.4 is 0 Å². The van der Waals surface area contributed by atoms with Crippen molar-refractivity contribution < 1.29 is 22.6 Å². The number of aliphatic hydroxyl groups excluding tert-OH is 1. The third-order valence-electron chi connectivity index (χ3n) is 3.44. The van der Waals surface area contributed by atoms with E-state index in [1.165, 1.54) is 19.1 Å². The maximum absolute atomic E-state index is 12.1. The molecular weight excluding hydrogens is 374 g/mol. The molecule has 136 valence electrons. The van der Waals surface area contributed by atoms with E-state index in [4.69, 9.17) is 15.8 Å². The van der Waals surface area contributed by atoms with Crippen LogP contribution >= 0.6 is 11.6 Å². The van der Waals surface area contributed by atoms with Crippen LogP contribution in [0, 0.1) is 23.0 Å². The molecule has 0 fully saturated rings. The van der Waals surface area contributed by atoms with Gasteiger partial charge in [-0.05, 0) is 19.1 Å². The standard InChI is InChI=1S/C14H16ClN3O6S/c1-9-3-5-11(6-4-9)25(22,23)24-8-10(2)14(19)17-7-12(18(20)21)13(15)16-17/h3-7,10,14,19H,8H2,1-2H3. The first-order chi connectivity index (χ1) is 11.6. The molecule has 0 bridgehead atoms. The van der Waals surface area contributed by atoms with Gasteiger partial charge in [0.2, 0.25) is 5.15 Å². The molecule has 1 aromatic heterocycles. The SMILES string of the molecule is Cc1ccc(S(=O)(=O)OCC(C)C(O)n2cc([N+](=O)[O-])c(Cl)n2)cc1. The second-order valence-corrected chi connectivity index (χ2v) is 7.46. The number of benzene rings is 1. The zero-order valence-corrected chi connectivity index (χ0v) is 14.9. The Morgan fingerprint density at radius 2 is 2.00 bits per heavy atom. The summed E-state index contributed by atoms with van der Waals surface area (Å²) in [6.45, 7) is 2.99. The smallest absolute Gasteiger partial charge is 0.326 e. The van der Waals surface area contributed by atoms with E-state index in [0.29, 0.717) is 0 Å². The van der Waals surface area contributed by atoms with Crippen molar-refractivity contribution in [3.8, 4) is 0 Å². The third-order valence-corrected chi connectivity index (χ3v) is 5.01. The fourth-order valence-corrected chi connectivity index (χ4v) is 3.14. The minimum atomic E-state index is -3.98. The molecule has 1 heterocycles. The van der Waals surface area contributed by atoms with Gasteiger partial charge in [-0.1, -0.05) is 36.2 Å². The molecular formula is C14H16ClN3O6S. The molecule has 0 aliphatic carbocycles. The lowest BCUT2D eigenvalue weighted by Gasteiger charge is -2.18. The Labute approximate surface area is 149 Å². The molecule has 1 N–H and O–H groups in total. The van der Waals surface area contributed by atoms with Gasteiger partial charge in [0.1, 0.15) is 6.20 Å². The predicted octanol–water partition coefficient (Wildman–Crippen LogP) is 2.29. The van der Waals surface area contributed by atoms with Gasteiger partial charge in [0.25, 0.3) is 10.1 Å². The van der Waals surface area contributed by atoms with E-state index in [1.54, 1.807) is 12.1 Å². The molecule has 9 nitrogen and oxygen atoms in total. The summed E-state index contributed by atoms with van der Waals surface area (Å²) in [5.41, 5.74) is 0.445. The Hall–Kier alpha value is -2.01. The molecule has 25 heavy (non-hydrogen) atoms. The number of nitro groups is 1. The van der Waals surface area contributed by atoms with Crippen molar-refractivity contribution in [3.05, 3.63) is 51.3 Å². The van der Waals surface area contributed by atoms with Crippen molar-refractivity contribution in [3.63, 3.8) is 0 Å². The maximum Gasteiger partial charge on any atom is 0.326 e. The molecule has 0 saturated carbocycles. The van der Waals surface area contributed by atoms with E-state index in [1.807, 2.05) is 6.92 Å². The molecule has 0 aliphatic heterocycles. The van der Waals surface area contributed by atoms with Crippen LogP contribution in [-0.4, -0.2) is 34.8 Å². The number of hydrogen-bond acceptors (Lipinski definition) is 7. The molecule has 0 radical (unpaired) electrons. The monoisotopic (exact) mass is 389 g/mol. The number of halogens is 1. The summed E-state index contributed by atoms with van der Waals surface area (Å²) in [5, 5.41) is 24.2. The summed E-state index contributed by atoms with van der Waals surface area (Å²) in [4.78, 5) is 10.0. The summed E-state index contributed by atoms with van der Waals surface area (Å²) in [6, 6.07) is 6.11. The van der Waals surface area contributed by atoms with Gasteiger partial charge < -0.3 is 5.11 Å². The van der Waals surface area contributed by atoms with Crippen LogP contribution in [-0.2, 0) is 14.3 Å². The zero-order chi connectivity index (χ0) is 18.8. The molecule has 0 saturated heterocycles. The number of hydrogen-bond donors (Lipinski definition) is 1. The van der Waals surface area contributed by atoms with Gasteiger partial charge in [-0.15, -0.1) is 0 Å². The van der Waals surface area contributed by atoms with E-state index in [0.717, 1.165) is 16.4 Å². The maximum atomic E-state index is 12.1. The van der Waals surface area contributed by atoms with Crippen molar-refractivity contribution >= 4 is 27.4 Å². The van der Waals surface area contributed by atoms with Gasteiger partial charge in [0.15, 0.2) is 6.23 Å². The molecule has 2 rings (SSSR count). The number of rotatable bonds is 7. The average molecular weight is 390 g/mol. The lowest BCUT2D eigenvalue weighted by molar-refractivity contribution is -0.384. The van der Waals surface area contributed by atoms with Crippen LogP contribution in [0.5, 0.6) is 0 Å². The Morgan fingerprint density at radius 1 is 1.40 bits per heavy atom. The Bertz CT molecular complexity index is 865. The molecule has 2 atom stereocenters. The highest BCUT2D eigenvalue weighted by Crippen LogP contribution is 2.26. The highest BCUT2D eigenvalue weighted by Gasteiger charge is 2.26. The highest BCUT2D eigenvalue weighted by molar-refractivity contribution is 7.86. The van der Waals surface area contributed by atoms with Gasteiger partial charge in [-0.2, -0.15) is 13.5 Å². The van der Waals surface area contributed by atoms with Crippen molar-refractivity contribution in [2.24, 2.45) is 5.92 Å². The Morgan fingerprint density at radius 3 is 2.52 bits per heavy atom. The second-order valence-electron chi connectivity index (χ2n) is 5.48. The molecule has 2 aromatic rings. The molecule has 0 amide bonds. The summed E-state index contributed by atoms with van der Waals surface area (Å²) < 4.78 is 30.1. The number of nitrogens with zero attached hydrogens (tertiary/aromatic N) is 3. The normalized spacial score (nSPS) is 14.2. The summed E-state index contributed by atoms with van der Waals surface area (Å²) >= 11 is 5.62. The average Bonchev–Trinajstić information content (AvgIpc) is 2.94. The van der Waals surface area contributed by atoms with E-state index in [9.17, 15) is 23.6 Å². The summed E-state index contributed by atoms with van der Waals surface area (Å²) in [7, 11) is -3.98. The fraction of sp³-hybridized carbons (Fsp3) is 0.357. The number of aromatic nitrogens is 2. The Kier molecular flexibility index (Phi) is 5.78. The van der Waals surface area contributed by atoms with Gasteiger partial charge in [0, 0.05) is 5.92 Å². The van der Waals surface area contributed by atoms with E-state index in [2.05, 4.69) is 5.10 Å². The van der Waals surface area contributed by atoms with Crippen LogP contribution in [0.25, 0.3) is 0 Å². The lowest BCUT2D eigenvalue weighted by Crippen LogP contribution is -2.23. The first kappa shape index (κ1) is 19.3. The van der Waals surface area contributed by atoms with Crippen LogP contribution in [0.1, 0.15) is 18.7 Å². The van der Waals surface area contributed by atoms with Crippen molar-refractivity contribution in [1.29, 1.82) is 0 Å². The first-order valence-corrected chi connectivity index (χ1v) is 8.93. The van der Waals surface area contributed by atoms with Gasteiger partial charge in [-0.3, -0.25) is 14.3 Å². The van der Waals surface area contributed by atoms with Crippen molar-refractivity contribution in [1.82, 2.24) is 9.78 Å². The number of aryl methyl sites for hydroxylation is 1. The van der Waals surface area contributed by atoms with Gasteiger partial charge in [-0.25, -0.2) is 4.68 Å². The van der Waals surface area contributed by atoms with Crippen molar-refractivity contribution in [2.75, 3.05) is 6.61 Å². The molecule has 0 spiro atoms. The van der Waals surface area contributed by atoms with E-state index >= 15 is 0 Å². The Balaban J connectivity index is 2.06.